The van der Waals surface area contributed by atoms with Gasteiger partial charge in [-0.25, -0.2) is 0 Å². The molecule has 0 amide bonds. The standard InChI is InChI=1S/C33H58N2Si2/c1-24(2)35(25(3)4)33(19-22-37(29(11)12,30(13)14)31(15)16)23-32(17-20-34)18-21-36(26(5)6,27(7)8)28(9)10/h17,23-31H,1-16H3/b32-17+,33-23+. The Balaban J connectivity index is 7.37. The Morgan fingerprint density at radius 3 is 1.16 bits per heavy atom. The van der Waals surface area contributed by atoms with Crippen LogP contribution in [-0.4, -0.2) is 33.1 Å². The van der Waals surface area contributed by atoms with Crippen LogP contribution in [0.4, 0.5) is 0 Å². The van der Waals surface area contributed by atoms with Gasteiger partial charge in [0.25, 0.3) is 0 Å². The van der Waals surface area contributed by atoms with Crippen LogP contribution in [0.2, 0.25) is 33.2 Å². The van der Waals surface area contributed by atoms with Crippen molar-refractivity contribution in [3.8, 4) is 29.0 Å². The summed E-state index contributed by atoms with van der Waals surface area (Å²) < 4.78 is 0. The summed E-state index contributed by atoms with van der Waals surface area (Å²) in [6.45, 7) is 37.0. The maximum absolute atomic E-state index is 9.69. The van der Waals surface area contributed by atoms with Crippen LogP contribution in [-0.2, 0) is 0 Å². The Kier molecular flexibility index (Phi) is 14.4. The van der Waals surface area contributed by atoms with E-state index < -0.39 is 16.1 Å². The third kappa shape index (κ3) is 8.40. The minimum Gasteiger partial charge on any atom is -0.360 e. The van der Waals surface area contributed by atoms with E-state index in [0.29, 0.717) is 45.3 Å². The van der Waals surface area contributed by atoms with Gasteiger partial charge in [-0.15, -0.1) is 11.1 Å². The van der Waals surface area contributed by atoms with E-state index in [1.54, 1.807) is 6.08 Å². The van der Waals surface area contributed by atoms with Crippen LogP contribution in [0.5, 0.6) is 0 Å². The lowest BCUT2D eigenvalue weighted by atomic mass is 10.1. The lowest BCUT2D eigenvalue weighted by Gasteiger charge is -2.38. The van der Waals surface area contributed by atoms with Crippen LogP contribution in [0.25, 0.3) is 0 Å². The summed E-state index contributed by atoms with van der Waals surface area (Å²) in [6.07, 6.45) is 3.72. The second-order valence-corrected chi connectivity index (χ2v) is 24.3. The van der Waals surface area contributed by atoms with Crippen LogP contribution in [0.15, 0.2) is 23.4 Å². The fraction of sp³-hybridized carbons (Fsp3) is 0.727. The van der Waals surface area contributed by atoms with Crippen LogP contribution in [0.3, 0.4) is 0 Å². The van der Waals surface area contributed by atoms with Crippen molar-refractivity contribution in [3.05, 3.63) is 23.4 Å². The Bertz CT molecular complexity index is 897. The molecule has 0 saturated carbocycles. The third-order valence-electron chi connectivity index (χ3n) is 8.47. The normalized spacial score (nSPS) is 13.6. The molecule has 0 atom stereocenters. The van der Waals surface area contributed by atoms with Gasteiger partial charge in [-0.1, -0.05) is 94.9 Å². The number of hydrogen-bond donors (Lipinski definition) is 0. The summed E-state index contributed by atoms with van der Waals surface area (Å²) in [5.41, 5.74) is 12.8. The zero-order valence-corrected chi connectivity index (χ0v) is 29.2. The summed E-state index contributed by atoms with van der Waals surface area (Å²) in [7, 11) is -3.83. The maximum Gasteiger partial charge on any atom is 0.146 e. The molecule has 0 N–H and O–H groups in total. The predicted molar refractivity (Wildman–Crippen MR) is 172 cm³/mol. The largest absolute Gasteiger partial charge is 0.360 e. The topological polar surface area (TPSA) is 27.0 Å². The van der Waals surface area contributed by atoms with Gasteiger partial charge in [0.05, 0.1) is 11.8 Å². The lowest BCUT2D eigenvalue weighted by Crippen LogP contribution is -2.43. The van der Waals surface area contributed by atoms with Gasteiger partial charge in [0.1, 0.15) is 16.1 Å². The minimum atomic E-state index is -1.92. The SMILES string of the molecule is CC(C)N(/C(C#C[Si](C(C)C)(C(C)C)C(C)C)=C/C(C#C[Si](C(C)C)(C(C)C)C(C)C)=C/C#N)C(C)C. The molecule has 0 rings (SSSR count). The first kappa shape index (κ1) is 35.3. The van der Waals surface area contributed by atoms with Crippen molar-refractivity contribution < 1.29 is 0 Å². The molecule has 0 radical (unpaired) electrons. The summed E-state index contributed by atoms with van der Waals surface area (Å²) in [5, 5.41) is 9.69. The first-order valence-electron chi connectivity index (χ1n) is 14.6. The third-order valence-corrected chi connectivity index (χ3v) is 21.0. The van der Waals surface area contributed by atoms with Crippen molar-refractivity contribution in [1.29, 1.82) is 5.26 Å². The average Bonchev–Trinajstić information content (AvgIpc) is 2.72. The van der Waals surface area contributed by atoms with Gasteiger partial charge < -0.3 is 4.90 Å². The second-order valence-electron chi connectivity index (χ2n) is 13.1. The van der Waals surface area contributed by atoms with Crippen LogP contribution >= 0.6 is 0 Å². The Morgan fingerprint density at radius 2 is 0.892 bits per heavy atom. The molecule has 0 fully saturated rings. The van der Waals surface area contributed by atoms with E-state index in [1.807, 2.05) is 0 Å². The van der Waals surface area contributed by atoms with Crippen molar-refractivity contribution in [2.24, 2.45) is 0 Å². The van der Waals surface area contributed by atoms with Gasteiger partial charge >= 0.3 is 0 Å². The van der Waals surface area contributed by atoms with Crippen molar-refractivity contribution in [2.75, 3.05) is 0 Å². The molecule has 0 aromatic rings. The zero-order valence-electron chi connectivity index (χ0n) is 27.2. The number of nitriles is 1. The highest BCUT2D eigenvalue weighted by atomic mass is 28.3. The highest BCUT2D eigenvalue weighted by Gasteiger charge is 2.42. The van der Waals surface area contributed by atoms with Gasteiger partial charge in [0, 0.05) is 23.7 Å². The lowest BCUT2D eigenvalue weighted by molar-refractivity contribution is 0.241. The van der Waals surface area contributed by atoms with Crippen molar-refractivity contribution in [3.63, 3.8) is 0 Å². The highest BCUT2D eigenvalue weighted by Crippen LogP contribution is 2.42. The van der Waals surface area contributed by atoms with Gasteiger partial charge in [-0.2, -0.15) is 5.26 Å². The highest BCUT2D eigenvalue weighted by molar-refractivity contribution is 6.91. The first-order chi connectivity index (χ1) is 16.9. The number of rotatable bonds is 10. The Labute approximate surface area is 234 Å². The van der Waals surface area contributed by atoms with E-state index in [9.17, 15) is 5.26 Å². The quantitative estimate of drug-likeness (QED) is 0.120. The van der Waals surface area contributed by atoms with Gasteiger partial charge in [-0.3, -0.25) is 0 Å². The number of nitrogens with zero attached hydrogens (tertiary/aromatic N) is 2. The predicted octanol–water partition coefficient (Wildman–Crippen LogP) is 9.88. The molecule has 0 aromatic carbocycles. The first-order valence-corrected chi connectivity index (χ1v) is 19.1. The molecule has 37 heavy (non-hydrogen) atoms. The molecule has 0 aromatic heterocycles. The van der Waals surface area contributed by atoms with Crippen LogP contribution in [0, 0.1) is 34.3 Å². The number of hydrogen-bond acceptors (Lipinski definition) is 2. The molecular weight excluding hydrogens is 481 g/mol. The minimum absolute atomic E-state index is 0.292. The van der Waals surface area contributed by atoms with E-state index in [2.05, 4.69) is 151 Å². The second kappa shape index (κ2) is 15.1. The summed E-state index contributed by atoms with van der Waals surface area (Å²) >= 11 is 0. The monoisotopic (exact) mass is 538 g/mol. The number of allylic oxidation sites excluding steroid dienone is 4. The van der Waals surface area contributed by atoms with Crippen LogP contribution < -0.4 is 0 Å². The summed E-state index contributed by atoms with van der Waals surface area (Å²) in [6, 6.07) is 2.85. The Hall–Kier alpha value is -1.68. The van der Waals surface area contributed by atoms with Gasteiger partial charge in [-0.05, 0) is 67.0 Å². The van der Waals surface area contributed by atoms with Crippen LogP contribution in [0.1, 0.15) is 111 Å². The molecule has 0 aliphatic heterocycles. The zero-order chi connectivity index (χ0) is 29.3. The molecular formula is C33H58N2Si2. The van der Waals surface area contributed by atoms with E-state index in [0.717, 1.165) is 11.3 Å². The maximum atomic E-state index is 9.69. The molecule has 0 aliphatic carbocycles. The molecule has 0 aliphatic rings. The van der Waals surface area contributed by atoms with E-state index in [-0.39, 0.29) is 0 Å². The molecule has 0 spiro atoms. The fourth-order valence-corrected chi connectivity index (χ4v) is 17.3. The molecule has 4 heteroatoms. The fourth-order valence-electron chi connectivity index (χ4n) is 6.88. The van der Waals surface area contributed by atoms with Crippen molar-refractivity contribution in [1.82, 2.24) is 4.90 Å². The molecule has 0 bridgehead atoms. The van der Waals surface area contributed by atoms with E-state index >= 15 is 0 Å². The van der Waals surface area contributed by atoms with Gasteiger partial charge in [0.2, 0.25) is 0 Å². The van der Waals surface area contributed by atoms with Crippen molar-refractivity contribution in [2.45, 2.75) is 156 Å². The summed E-state index contributed by atoms with van der Waals surface area (Å²) in [4.78, 5) is 2.39. The van der Waals surface area contributed by atoms with Gasteiger partial charge in [0.15, 0.2) is 0 Å². The summed E-state index contributed by atoms with van der Waals surface area (Å²) in [5.74, 6) is 7.24. The average molecular weight is 539 g/mol. The molecule has 0 heterocycles. The van der Waals surface area contributed by atoms with E-state index in [1.165, 1.54) is 0 Å². The molecule has 2 nitrogen and oxygen atoms in total. The Morgan fingerprint density at radius 1 is 0.568 bits per heavy atom. The molecule has 0 unspecified atom stereocenters. The molecule has 0 saturated heterocycles. The molecule has 208 valence electrons. The smallest absolute Gasteiger partial charge is 0.146 e. The van der Waals surface area contributed by atoms with E-state index in [4.69, 9.17) is 0 Å². The van der Waals surface area contributed by atoms with Crippen molar-refractivity contribution >= 4 is 16.1 Å².